The van der Waals surface area contributed by atoms with Crippen molar-refractivity contribution in [3.8, 4) is 0 Å². The molecule has 1 aromatic rings. The van der Waals surface area contributed by atoms with Crippen molar-refractivity contribution >= 4 is 12.3 Å². The second-order valence-corrected chi connectivity index (χ2v) is 4.31. The van der Waals surface area contributed by atoms with E-state index >= 15 is 0 Å². The maximum absolute atomic E-state index is 10.9. The second-order valence-electron chi connectivity index (χ2n) is 4.31. The first kappa shape index (κ1) is 13.2. The zero-order valence-corrected chi connectivity index (χ0v) is 10.4. The average Bonchev–Trinajstić information content (AvgIpc) is 2.35. The summed E-state index contributed by atoms with van der Waals surface area (Å²) in [5, 5.41) is 2.40. The van der Waals surface area contributed by atoms with Crippen LogP contribution in [0.1, 0.15) is 19.4 Å². The van der Waals surface area contributed by atoms with Crippen molar-refractivity contribution < 1.29 is 9.53 Å². The molecule has 0 radical (unpaired) electrons. The number of carbonyl (C=O) groups is 1. The Balaban J connectivity index is 2.54. The van der Waals surface area contributed by atoms with Gasteiger partial charge < -0.3 is 10.1 Å². The molecule has 17 heavy (non-hydrogen) atoms. The first-order valence-electron chi connectivity index (χ1n) is 5.48. The molecule has 4 nitrogen and oxygen atoms in total. The molecule has 0 saturated carbocycles. The molecule has 0 saturated heterocycles. The normalized spacial score (nSPS) is 11.5. The highest BCUT2D eigenvalue weighted by Gasteiger charge is 2.17. The van der Waals surface area contributed by atoms with E-state index in [1.54, 1.807) is 6.21 Å². The summed E-state index contributed by atoms with van der Waals surface area (Å²) in [7, 11) is 1.53. The Morgan fingerprint density at radius 2 is 2.06 bits per heavy atom. The summed E-state index contributed by atoms with van der Waals surface area (Å²) in [6, 6.07) is 9.81. The Hall–Kier alpha value is -1.84. The summed E-state index contributed by atoms with van der Waals surface area (Å²) in [6.45, 7) is 4.07. The van der Waals surface area contributed by atoms with E-state index in [1.807, 2.05) is 44.2 Å². The molecule has 0 aromatic heterocycles. The second kappa shape index (κ2) is 6.03. The van der Waals surface area contributed by atoms with Crippen LogP contribution in [0.5, 0.6) is 0 Å². The first-order valence-corrected chi connectivity index (χ1v) is 5.48. The number of hydrogen-bond donors (Lipinski definition) is 1. The Labute approximate surface area is 102 Å². The van der Waals surface area contributed by atoms with E-state index in [2.05, 4.69) is 10.3 Å². The Bertz CT molecular complexity index is 386. The van der Waals surface area contributed by atoms with E-state index in [0.29, 0.717) is 0 Å². The number of carbonyl (C=O) groups excluding carboxylic acids is 1. The summed E-state index contributed by atoms with van der Waals surface area (Å²) < 4.78 is 4.98. The molecule has 1 aromatic carbocycles. The third kappa shape index (κ3) is 5.15. The summed E-state index contributed by atoms with van der Waals surface area (Å²) in [6.07, 6.45) is 1.35. The number of rotatable bonds is 4. The van der Waals surface area contributed by atoms with Crippen molar-refractivity contribution in [3.63, 3.8) is 0 Å². The lowest BCUT2D eigenvalue weighted by molar-refractivity contribution is 0.127. The molecule has 4 heteroatoms. The minimum absolute atomic E-state index is 0.246. The van der Waals surface area contributed by atoms with Gasteiger partial charge in [0.2, 0.25) is 0 Å². The van der Waals surface area contributed by atoms with Crippen LogP contribution in [0.3, 0.4) is 0 Å². The highest BCUT2D eigenvalue weighted by atomic mass is 16.5. The minimum Gasteiger partial charge on any atom is -0.447 e. The molecule has 1 N–H and O–H groups in total. The molecule has 0 heterocycles. The highest BCUT2D eigenvalue weighted by Crippen LogP contribution is 2.09. The fourth-order valence-electron chi connectivity index (χ4n) is 1.14. The predicted octanol–water partition coefficient (Wildman–Crippen LogP) is 2.24. The molecule has 1 rings (SSSR count). The Morgan fingerprint density at radius 3 is 2.65 bits per heavy atom. The smallest absolute Gasteiger partial charge is 0.406 e. The van der Waals surface area contributed by atoms with Gasteiger partial charge in [0.1, 0.15) is 6.61 Å². The first-order chi connectivity index (χ1) is 8.03. The number of benzene rings is 1. The summed E-state index contributed by atoms with van der Waals surface area (Å²) >= 11 is 0. The monoisotopic (exact) mass is 234 g/mol. The van der Waals surface area contributed by atoms with E-state index in [-0.39, 0.29) is 6.61 Å². The van der Waals surface area contributed by atoms with Crippen LogP contribution in [0, 0.1) is 0 Å². The maximum Gasteiger partial charge on any atom is 0.406 e. The van der Waals surface area contributed by atoms with Gasteiger partial charge in [-0.3, -0.25) is 4.99 Å². The molecular weight excluding hydrogens is 216 g/mol. The molecule has 0 fully saturated rings. The predicted molar refractivity (Wildman–Crippen MR) is 68.5 cm³/mol. The van der Waals surface area contributed by atoms with Gasteiger partial charge in [-0.15, -0.1) is 0 Å². The van der Waals surface area contributed by atoms with Crippen LogP contribution in [0.15, 0.2) is 35.3 Å². The minimum atomic E-state index is -0.437. The van der Waals surface area contributed by atoms with Gasteiger partial charge in [-0.25, -0.2) is 4.79 Å². The SMILES string of the molecule is CNC(=O)OCC(C)(C)N=Cc1ccccc1. The van der Waals surface area contributed by atoms with Gasteiger partial charge in [0, 0.05) is 13.3 Å². The van der Waals surface area contributed by atoms with Gasteiger partial charge in [0.15, 0.2) is 0 Å². The summed E-state index contributed by atoms with van der Waals surface area (Å²) in [5.41, 5.74) is 0.600. The van der Waals surface area contributed by atoms with Crippen LogP contribution in [-0.2, 0) is 4.74 Å². The van der Waals surface area contributed by atoms with Crippen molar-refractivity contribution in [2.45, 2.75) is 19.4 Å². The quantitative estimate of drug-likeness (QED) is 0.812. The average molecular weight is 234 g/mol. The summed E-state index contributed by atoms with van der Waals surface area (Å²) in [4.78, 5) is 15.4. The topological polar surface area (TPSA) is 50.7 Å². The van der Waals surface area contributed by atoms with Crippen LogP contribution in [-0.4, -0.2) is 31.5 Å². The van der Waals surface area contributed by atoms with Crippen molar-refractivity contribution in [3.05, 3.63) is 35.9 Å². The van der Waals surface area contributed by atoms with E-state index < -0.39 is 11.6 Å². The number of alkyl carbamates (subject to hydrolysis) is 1. The molecule has 1 amide bonds. The molecule has 0 spiro atoms. The molecular formula is C13H18N2O2. The van der Waals surface area contributed by atoms with Gasteiger partial charge in [0.25, 0.3) is 0 Å². The fourth-order valence-corrected chi connectivity index (χ4v) is 1.14. The molecule has 0 atom stereocenters. The summed E-state index contributed by atoms with van der Waals surface area (Å²) in [5.74, 6) is 0. The molecule has 0 unspecified atom stereocenters. The van der Waals surface area contributed by atoms with Crippen LogP contribution in [0.4, 0.5) is 4.79 Å². The highest BCUT2D eigenvalue weighted by molar-refractivity contribution is 5.79. The van der Waals surface area contributed by atoms with E-state index in [9.17, 15) is 4.79 Å². The van der Waals surface area contributed by atoms with Gasteiger partial charge >= 0.3 is 6.09 Å². The number of aliphatic imine (C=N–C) groups is 1. The van der Waals surface area contributed by atoms with Crippen LogP contribution < -0.4 is 5.32 Å². The standard InChI is InChI=1S/C13H18N2O2/c1-13(2,10-17-12(16)14-3)15-9-11-7-5-4-6-8-11/h4-9H,10H2,1-3H3,(H,14,16). The number of ether oxygens (including phenoxy) is 1. The molecule has 0 bridgehead atoms. The molecule has 0 aliphatic heterocycles. The van der Waals surface area contributed by atoms with Gasteiger partial charge in [0.05, 0.1) is 5.54 Å². The maximum atomic E-state index is 10.9. The van der Waals surface area contributed by atoms with Gasteiger partial charge in [-0.05, 0) is 19.4 Å². The lowest BCUT2D eigenvalue weighted by Crippen LogP contribution is -2.30. The molecule has 0 aliphatic carbocycles. The molecule has 0 aliphatic rings. The van der Waals surface area contributed by atoms with Gasteiger partial charge in [-0.1, -0.05) is 30.3 Å². The third-order valence-electron chi connectivity index (χ3n) is 2.12. The number of nitrogens with zero attached hydrogens (tertiary/aromatic N) is 1. The van der Waals surface area contributed by atoms with Crippen LogP contribution in [0.25, 0.3) is 0 Å². The Kier molecular flexibility index (Phi) is 4.69. The third-order valence-corrected chi connectivity index (χ3v) is 2.12. The van der Waals surface area contributed by atoms with E-state index in [1.165, 1.54) is 7.05 Å². The van der Waals surface area contributed by atoms with Crippen LogP contribution >= 0.6 is 0 Å². The van der Waals surface area contributed by atoms with Crippen molar-refractivity contribution in [2.24, 2.45) is 4.99 Å². The largest absolute Gasteiger partial charge is 0.447 e. The zero-order valence-electron chi connectivity index (χ0n) is 10.4. The zero-order chi connectivity index (χ0) is 12.7. The van der Waals surface area contributed by atoms with E-state index in [4.69, 9.17) is 4.74 Å². The van der Waals surface area contributed by atoms with Gasteiger partial charge in [-0.2, -0.15) is 0 Å². The van der Waals surface area contributed by atoms with Crippen molar-refractivity contribution in [2.75, 3.05) is 13.7 Å². The lowest BCUT2D eigenvalue weighted by atomic mass is 10.1. The van der Waals surface area contributed by atoms with Crippen molar-refractivity contribution in [1.29, 1.82) is 0 Å². The number of nitrogens with one attached hydrogen (secondary N) is 1. The van der Waals surface area contributed by atoms with Crippen LogP contribution in [0.2, 0.25) is 0 Å². The van der Waals surface area contributed by atoms with E-state index in [0.717, 1.165) is 5.56 Å². The molecule has 92 valence electrons. The number of hydrogen-bond acceptors (Lipinski definition) is 3. The fraction of sp³-hybridized carbons (Fsp3) is 0.385. The Morgan fingerprint density at radius 1 is 1.41 bits per heavy atom. The number of amides is 1. The van der Waals surface area contributed by atoms with Crippen molar-refractivity contribution in [1.82, 2.24) is 5.32 Å². The lowest BCUT2D eigenvalue weighted by Gasteiger charge is -2.18.